The lowest BCUT2D eigenvalue weighted by molar-refractivity contribution is 0.0980. The van der Waals surface area contributed by atoms with Crippen LogP contribution in [0.4, 0.5) is 17.3 Å². The third kappa shape index (κ3) is 3.75. The lowest BCUT2D eigenvalue weighted by Gasteiger charge is -2.29. The predicted molar refractivity (Wildman–Crippen MR) is 108 cm³/mol. The predicted octanol–water partition coefficient (Wildman–Crippen LogP) is 5.12. The molecule has 2 aromatic carbocycles. The van der Waals surface area contributed by atoms with Crippen molar-refractivity contribution in [3.8, 4) is 0 Å². The molecule has 1 amide bonds. The van der Waals surface area contributed by atoms with E-state index in [4.69, 9.17) is 23.2 Å². The second-order valence-corrected chi connectivity index (χ2v) is 7.02. The first-order valence-corrected chi connectivity index (χ1v) is 9.32. The van der Waals surface area contributed by atoms with Gasteiger partial charge in [0.1, 0.15) is 5.69 Å². The molecule has 7 heteroatoms. The van der Waals surface area contributed by atoms with Gasteiger partial charge in [0.2, 0.25) is 5.95 Å². The van der Waals surface area contributed by atoms with Gasteiger partial charge in [-0.2, -0.15) is 0 Å². The number of fused-ring (bicyclic) bond motifs is 1. The molecule has 1 aliphatic rings. The minimum atomic E-state index is -0.137. The molecule has 1 N–H and O–H groups in total. The molecule has 0 unspecified atom stereocenters. The molecular formula is C20H16Cl2N4O. The van der Waals surface area contributed by atoms with Gasteiger partial charge in [0, 0.05) is 24.1 Å². The number of hydrogen-bond acceptors (Lipinski definition) is 4. The monoisotopic (exact) mass is 398 g/mol. The molecule has 4 rings (SSSR count). The number of hydrogen-bond donors (Lipinski definition) is 1. The van der Waals surface area contributed by atoms with Gasteiger partial charge in [-0.05, 0) is 48.7 Å². The summed E-state index contributed by atoms with van der Waals surface area (Å²) in [6.07, 6.45) is 3.48. The van der Waals surface area contributed by atoms with Crippen molar-refractivity contribution in [1.29, 1.82) is 0 Å². The number of halogens is 2. The van der Waals surface area contributed by atoms with Crippen LogP contribution in [0.3, 0.4) is 0 Å². The molecule has 0 radical (unpaired) electrons. The summed E-state index contributed by atoms with van der Waals surface area (Å²) in [7, 11) is 0. The second kappa shape index (κ2) is 7.55. The largest absolute Gasteiger partial charge is 0.324 e. The Labute approximate surface area is 167 Å². The van der Waals surface area contributed by atoms with Crippen LogP contribution in [0.2, 0.25) is 10.0 Å². The molecule has 5 nitrogen and oxygen atoms in total. The number of amides is 1. The fourth-order valence-electron chi connectivity index (χ4n) is 3.12. The van der Waals surface area contributed by atoms with Crippen LogP contribution in [0.1, 0.15) is 22.5 Å². The number of benzene rings is 2. The van der Waals surface area contributed by atoms with Crippen molar-refractivity contribution in [1.82, 2.24) is 9.97 Å². The van der Waals surface area contributed by atoms with Gasteiger partial charge in [0.15, 0.2) is 0 Å². The van der Waals surface area contributed by atoms with Crippen LogP contribution in [0, 0.1) is 0 Å². The standard InChI is InChI=1S/C20H16Cl2N4O/c21-15-8-7-14(12-16(15)22)24-20-23-10-9-17(25-20)19(27)26-11-3-5-13-4-1-2-6-18(13)26/h1-2,4,6-10,12H,3,5,11H2,(H,23,24,25). The highest BCUT2D eigenvalue weighted by molar-refractivity contribution is 6.42. The van der Waals surface area contributed by atoms with Gasteiger partial charge < -0.3 is 10.2 Å². The van der Waals surface area contributed by atoms with E-state index in [2.05, 4.69) is 21.4 Å². The average molecular weight is 399 g/mol. The van der Waals surface area contributed by atoms with Crippen LogP contribution >= 0.6 is 23.2 Å². The van der Waals surface area contributed by atoms with E-state index in [9.17, 15) is 4.79 Å². The first-order chi connectivity index (χ1) is 13.1. The molecule has 3 aromatic rings. The zero-order valence-corrected chi connectivity index (χ0v) is 15.8. The maximum atomic E-state index is 13.0. The summed E-state index contributed by atoms with van der Waals surface area (Å²) >= 11 is 12.0. The number of rotatable bonds is 3. The van der Waals surface area contributed by atoms with Crippen LogP contribution < -0.4 is 10.2 Å². The number of nitrogens with zero attached hydrogens (tertiary/aromatic N) is 3. The molecule has 0 fully saturated rings. The second-order valence-electron chi connectivity index (χ2n) is 6.21. The molecule has 0 spiro atoms. The zero-order chi connectivity index (χ0) is 18.8. The maximum absolute atomic E-state index is 13.0. The van der Waals surface area contributed by atoms with Gasteiger partial charge in [0.25, 0.3) is 5.91 Å². The fraction of sp³-hybridized carbons (Fsp3) is 0.150. The minimum absolute atomic E-state index is 0.137. The summed E-state index contributed by atoms with van der Waals surface area (Å²) in [5.74, 6) is 0.186. The SMILES string of the molecule is O=C(c1ccnc(Nc2ccc(Cl)c(Cl)c2)n1)N1CCCc2ccccc21. The number of nitrogens with one attached hydrogen (secondary N) is 1. The molecule has 0 bridgehead atoms. The molecular weight excluding hydrogens is 383 g/mol. The number of aryl methyl sites for hydroxylation is 1. The zero-order valence-electron chi connectivity index (χ0n) is 14.3. The molecule has 0 saturated carbocycles. The number of carbonyl (C=O) groups is 1. The Balaban J connectivity index is 1.59. The normalized spacial score (nSPS) is 13.2. The Morgan fingerprint density at radius 3 is 2.78 bits per heavy atom. The van der Waals surface area contributed by atoms with Gasteiger partial charge in [-0.1, -0.05) is 41.4 Å². The third-order valence-electron chi connectivity index (χ3n) is 4.41. The van der Waals surface area contributed by atoms with E-state index in [0.29, 0.717) is 33.9 Å². The van der Waals surface area contributed by atoms with Gasteiger partial charge in [-0.25, -0.2) is 9.97 Å². The van der Waals surface area contributed by atoms with Crippen molar-refractivity contribution in [2.45, 2.75) is 12.8 Å². The Morgan fingerprint density at radius 1 is 1.07 bits per heavy atom. The van der Waals surface area contributed by atoms with Gasteiger partial charge >= 0.3 is 0 Å². The summed E-state index contributed by atoms with van der Waals surface area (Å²) in [6.45, 7) is 0.676. The Kier molecular flexibility index (Phi) is 4.97. The van der Waals surface area contributed by atoms with Crippen molar-refractivity contribution in [3.05, 3.63) is 76.0 Å². The molecule has 136 valence electrons. The summed E-state index contributed by atoms with van der Waals surface area (Å²) in [6, 6.07) is 14.7. The highest BCUT2D eigenvalue weighted by Gasteiger charge is 2.24. The molecule has 0 aliphatic carbocycles. The van der Waals surface area contributed by atoms with E-state index in [1.54, 1.807) is 35.4 Å². The van der Waals surface area contributed by atoms with Crippen LogP contribution in [-0.2, 0) is 6.42 Å². The van der Waals surface area contributed by atoms with Crippen molar-refractivity contribution >= 4 is 46.4 Å². The van der Waals surface area contributed by atoms with Crippen molar-refractivity contribution in [2.24, 2.45) is 0 Å². The first kappa shape index (κ1) is 17.8. The molecule has 2 heterocycles. The summed E-state index contributed by atoms with van der Waals surface area (Å²) in [5.41, 5.74) is 3.16. The number of carbonyl (C=O) groups excluding carboxylic acids is 1. The number of anilines is 3. The molecule has 1 aliphatic heterocycles. The number of aromatic nitrogens is 2. The summed E-state index contributed by atoms with van der Waals surface area (Å²) in [5, 5.41) is 3.95. The van der Waals surface area contributed by atoms with Crippen molar-refractivity contribution < 1.29 is 4.79 Å². The average Bonchev–Trinajstić information content (AvgIpc) is 2.70. The maximum Gasteiger partial charge on any atom is 0.277 e. The molecule has 1 aromatic heterocycles. The van der Waals surface area contributed by atoms with E-state index < -0.39 is 0 Å². The first-order valence-electron chi connectivity index (χ1n) is 8.57. The topological polar surface area (TPSA) is 58.1 Å². The van der Waals surface area contributed by atoms with Gasteiger partial charge in [0.05, 0.1) is 10.0 Å². The minimum Gasteiger partial charge on any atom is -0.324 e. The van der Waals surface area contributed by atoms with E-state index in [1.807, 2.05) is 18.2 Å². The Morgan fingerprint density at radius 2 is 1.93 bits per heavy atom. The number of para-hydroxylation sites is 1. The van der Waals surface area contributed by atoms with Gasteiger partial charge in [-0.3, -0.25) is 4.79 Å². The Bertz CT molecular complexity index is 1010. The highest BCUT2D eigenvalue weighted by Crippen LogP contribution is 2.28. The lowest BCUT2D eigenvalue weighted by atomic mass is 10.0. The molecule has 0 saturated heterocycles. The van der Waals surface area contributed by atoms with E-state index in [1.165, 1.54) is 5.56 Å². The quantitative estimate of drug-likeness (QED) is 0.664. The fourth-order valence-corrected chi connectivity index (χ4v) is 3.42. The van der Waals surface area contributed by atoms with Crippen LogP contribution in [-0.4, -0.2) is 22.4 Å². The van der Waals surface area contributed by atoms with Crippen LogP contribution in [0.25, 0.3) is 0 Å². The van der Waals surface area contributed by atoms with E-state index >= 15 is 0 Å². The highest BCUT2D eigenvalue weighted by atomic mass is 35.5. The van der Waals surface area contributed by atoms with Crippen LogP contribution in [0.5, 0.6) is 0 Å². The third-order valence-corrected chi connectivity index (χ3v) is 5.14. The summed E-state index contributed by atoms with van der Waals surface area (Å²) in [4.78, 5) is 23.4. The van der Waals surface area contributed by atoms with Crippen molar-refractivity contribution in [3.63, 3.8) is 0 Å². The molecule has 27 heavy (non-hydrogen) atoms. The van der Waals surface area contributed by atoms with E-state index in [0.717, 1.165) is 18.5 Å². The lowest BCUT2D eigenvalue weighted by Crippen LogP contribution is -2.36. The van der Waals surface area contributed by atoms with Crippen molar-refractivity contribution in [2.75, 3.05) is 16.8 Å². The molecule has 0 atom stereocenters. The summed E-state index contributed by atoms with van der Waals surface area (Å²) < 4.78 is 0. The smallest absolute Gasteiger partial charge is 0.277 e. The van der Waals surface area contributed by atoms with Gasteiger partial charge in [-0.15, -0.1) is 0 Å². The van der Waals surface area contributed by atoms with E-state index in [-0.39, 0.29) is 5.91 Å². The Hall–Kier alpha value is -2.63. The van der Waals surface area contributed by atoms with Crippen LogP contribution in [0.15, 0.2) is 54.7 Å².